The lowest BCUT2D eigenvalue weighted by atomic mass is 10.0. The first-order chi connectivity index (χ1) is 7.04. The summed E-state index contributed by atoms with van der Waals surface area (Å²) in [5, 5.41) is 0. The van der Waals surface area contributed by atoms with Crippen LogP contribution >= 0.6 is 23.2 Å². The Hall–Kier alpha value is -0.0300. The van der Waals surface area contributed by atoms with E-state index in [1.807, 2.05) is 0 Å². The highest BCUT2D eigenvalue weighted by atomic mass is 35.5. The average molecular weight is 256 g/mol. The number of methoxy groups -OCH3 is 2. The number of halogens is 2. The lowest BCUT2D eigenvalue weighted by Gasteiger charge is -2.39. The molecule has 0 atom stereocenters. The third kappa shape index (κ3) is 2.97. The third-order valence-electron chi connectivity index (χ3n) is 2.77. The molecule has 0 aromatic rings. The van der Waals surface area contributed by atoms with Gasteiger partial charge in [-0.05, 0) is 0 Å². The van der Waals surface area contributed by atoms with Crippen LogP contribution in [0.2, 0.25) is 0 Å². The van der Waals surface area contributed by atoms with Gasteiger partial charge in [0.1, 0.15) is 0 Å². The molecule has 1 saturated heterocycles. The highest BCUT2D eigenvalue weighted by Crippen LogP contribution is 2.27. The normalized spacial score (nSPS) is 20.7. The quantitative estimate of drug-likeness (QED) is 0.566. The van der Waals surface area contributed by atoms with Crippen molar-refractivity contribution in [2.75, 3.05) is 27.3 Å². The van der Waals surface area contributed by atoms with Crippen molar-refractivity contribution in [2.24, 2.45) is 0 Å². The molecule has 0 radical (unpaired) electrons. The number of hydrogen-bond donors (Lipinski definition) is 0. The fourth-order valence-corrected chi connectivity index (χ4v) is 1.97. The van der Waals surface area contributed by atoms with Gasteiger partial charge in [0.15, 0.2) is 10.6 Å². The summed E-state index contributed by atoms with van der Waals surface area (Å²) >= 11 is 11.0. The van der Waals surface area contributed by atoms with Crippen molar-refractivity contribution in [2.45, 2.75) is 23.5 Å². The van der Waals surface area contributed by atoms with Crippen molar-refractivity contribution >= 4 is 29.1 Å². The number of alkyl halides is 2. The molecule has 0 aliphatic carbocycles. The number of amides is 1. The number of ether oxygens (including phenoxy) is 2. The lowest BCUT2D eigenvalue weighted by Crippen LogP contribution is -2.49. The topological polar surface area (TPSA) is 38.8 Å². The maximum absolute atomic E-state index is 11.5. The second kappa shape index (κ2) is 5.34. The molecule has 1 fully saturated rings. The Bertz CT molecular complexity index is 221. The molecule has 0 aromatic carbocycles. The zero-order valence-electron chi connectivity index (χ0n) is 8.83. The highest BCUT2D eigenvalue weighted by molar-refractivity contribution is 6.53. The van der Waals surface area contributed by atoms with Crippen LogP contribution in [-0.2, 0) is 14.3 Å². The minimum Gasteiger partial charge on any atom is -0.353 e. The molecule has 0 N–H and O–H groups in total. The maximum Gasteiger partial charge on any atom is 0.255 e. The van der Waals surface area contributed by atoms with Crippen LogP contribution in [0.25, 0.3) is 0 Å². The number of carbonyl (C=O) groups is 1. The smallest absolute Gasteiger partial charge is 0.255 e. The van der Waals surface area contributed by atoms with Gasteiger partial charge in [-0.3, -0.25) is 4.79 Å². The van der Waals surface area contributed by atoms with Gasteiger partial charge in [0.05, 0.1) is 0 Å². The number of hydrogen-bond acceptors (Lipinski definition) is 3. The molecule has 1 aliphatic rings. The van der Waals surface area contributed by atoms with Crippen LogP contribution in [0.3, 0.4) is 0 Å². The second-order valence-corrected chi connectivity index (χ2v) is 4.54. The van der Waals surface area contributed by atoms with Crippen molar-refractivity contribution in [1.82, 2.24) is 4.90 Å². The highest BCUT2D eigenvalue weighted by Gasteiger charge is 2.36. The van der Waals surface area contributed by atoms with E-state index in [2.05, 4.69) is 0 Å². The predicted octanol–water partition coefficient (Wildman–Crippen LogP) is 1.40. The lowest BCUT2D eigenvalue weighted by molar-refractivity contribution is -0.228. The Morgan fingerprint density at radius 3 is 2.07 bits per heavy atom. The van der Waals surface area contributed by atoms with Crippen molar-refractivity contribution in [3.63, 3.8) is 0 Å². The van der Waals surface area contributed by atoms with Crippen molar-refractivity contribution in [3.05, 3.63) is 0 Å². The summed E-state index contributed by atoms with van der Waals surface area (Å²) in [5.74, 6) is -0.815. The number of rotatable bonds is 3. The molecule has 1 aliphatic heterocycles. The van der Waals surface area contributed by atoms with Crippen LogP contribution in [0.4, 0.5) is 0 Å². The van der Waals surface area contributed by atoms with Gasteiger partial charge < -0.3 is 14.4 Å². The van der Waals surface area contributed by atoms with E-state index in [0.29, 0.717) is 25.9 Å². The summed E-state index contributed by atoms with van der Waals surface area (Å²) in [4.78, 5) is 12.1. The standard InChI is InChI=1S/C9H15Cl2NO3/c1-14-9(15-2)3-5-12(6-4-9)8(13)7(10)11/h7H,3-6H2,1-2H3. The Kier molecular flexibility index (Phi) is 4.64. The maximum atomic E-state index is 11.5. The Labute approximate surface area is 99.4 Å². The fourth-order valence-electron chi connectivity index (χ4n) is 1.70. The van der Waals surface area contributed by atoms with Gasteiger partial charge >= 0.3 is 0 Å². The van der Waals surface area contributed by atoms with Gasteiger partial charge in [-0.1, -0.05) is 23.2 Å². The van der Waals surface area contributed by atoms with Crippen LogP contribution in [0, 0.1) is 0 Å². The number of nitrogens with zero attached hydrogens (tertiary/aromatic N) is 1. The van der Waals surface area contributed by atoms with E-state index in [0.717, 1.165) is 0 Å². The van der Waals surface area contributed by atoms with E-state index >= 15 is 0 Å². The fraction of sp³-hybridized carbons (Fsp3) is 0.889. The molecule has 0 saturated carbocycles. The van der Waals surface area contributed by atoms with Gasteiger partial charge in [0, 0.05) is 40.2 Å². The van der Waals surface area contributed by atoms with Crippen LogP contribution in [0.5, 0.6) is 0 Å². The molecule has 0 aromatic heterocycles. The minimum absolute atomic E-state index is 0.251. The van der Waals surface area contributed by atoms with E-state index in [9.17, 15) is 4.79 Å². The van der Waals surface area contributed by atoms with Crippen LogP contribution in [0.1, 0.15) is 12.8 Å². The number of carbonyl (C=O) groups excluding carboxylic acids is 1. The van der Waals surface area contributed by atoms with Gasteiger partial charge in [-0.15, -0.1) is 0 Å². The van der Waals surface area contributed by atoms with Gasteiger partial charge in [0.25, 0.3) is 5.91 Å². The molecule has 4 nitrogen and oxygen atoms in total. The van der Waals surface area contributed by atoms with Crippen molar-refractivity contribution in [1.29, 1.82) is 0 Å². The first kappa shape index (κ1) is 13.0. The van der Waals surface area contributed by atoms with E-state index in [1.165, 1.54) is 0 Å². The van der Waals surface area contributed by atoms with Crippen molar-refractivity contribution < 1.29 is 14.3 Å². The van der Waals surface area contributed by atoms with E-state index in [-0.39, 0.29) is 5.91 Å². The molecular weight excluding hydrogens is 241 g/mol. The summed E-state index contributed by atoms with van der Waals surface area (Å²) < 4.78 is 10.6. The van der Waals surface area contributed by atoms with Crippen LogP contribution < -0.4 is 0 Å². The third-order valence-corrected chi connectivity index (χ3v) is 3.14. The summed E-state index contributed by atoms with van der Waals surface area (Å²) in [6, 6.07) is 0. The Balaban J connectivity index is 2.52. The molecule has 1 amide bonds. The molecule has 1 heterocycles. The zero-order valence-corrected chi connectivity index (χ0v) is 10.3. The average Bonchev–Trinajstić information content (AvgIpc) is 2.28. The van der Waals surface area contributed by atoms with Crippen molar-refractivity contribution in [3.8, 4) is 0 Å². The molecule has 0 spiro atoms. The molecule has 6 heteroatoms. The summed E-state index contributed by atoms with van der Waals surface area (Å²) in [5.41, 5.74) is 0. The molecule has 0 unspecified atom stereocenters. The Morgan fingerprint density at radius 1 is 1.27 bits per heavy atom. The molecule has 88 valence electrons. The number of likely N-dealkylation sites (tertiary alicyclic amines) is 1. The van der Waals surface area contributed by atoms with E-state index in [1.54, 1.807) is 19.1 Å². The molecule has 1 rings (SSSR count). The SMILES string of the molecule is COC1(OC)CCN(C(=O)C(Cl)Cl)CC1. The largest absolute Gasteiger partial charge is 0.353 e. The van der Waals surface area contributed by atoms with E-state index in [4.69, 9.17) is 32.7 Å². The van der Waals surface area contributed by atoms with Gasteiger partial charge in [-0.25, -0.2) is 0 Å². The van der Waals surface area contributed by atoms with Crippen LogP contribution in [-0.4, -0.2) is 48.7 Å². The molecular formula is C9H15Cl2NO3. The van der Waals surface area contributed by atoms with E-state index < -0.39 is 10.6 Å². The first-order valence-electron chi connectivity index (χ1n) is 4.72. The first-order valence-corrected chi connectivity index (χ1v) is 5.59. The molecule has 0 bridgehead atoms. The predicted molar refractivity (Wildman–Crippen MR) is 58.1 cm³/mol. The summed E-state index contributed by atoms with van der Waals surface area (Å²) in [7, 11) is 3.21. The minimum atomic E-state index is -0.984. The van der Waals surface area contributed by atoms with Crippen LogP contribution in [0.15, 0.2) is 0 Å². The molecule has 15 heavy (non-hydrogen) atoms. The van der Waals surface area contributed by atoms with Gasteiger partial charge in [0.2, 0.25) is 0 Å². The Morgan fingerprint density at radius 2 is 1.73 bits per heavy atom. The summed E-state index contributed by atoms with van der Waals surface area (Å²) in [6.07, 6.45) is 1.26. The van der Waals surface area contributed by atoms with Gasteiger partial charge in [-0.2, -0.15) is 0 Å². The summed E-state index contributed by atoms with van der Waals surface area (Å²) in [6.45, 7) is 1.10. The second-order valence-electron chi connectivity index (χ2n) is 3.44. The number of piperidine rings is 1. The zero-order chi connectivity index (χ0) is 11.5. The monoisotopic (exact) mass is 255 g/mol.